The van der Waals surface area contributed by atoms with E-state index >= 15 is 0 Å². The van der Waals surface area contributed by atoms with E-state index in [0.29, 0.717) is 62.8 Å². The number of hydrogen-bond donors (Lipinski definition) is 1. The summed E-state index contributed by atoms with van der Waals surface area (Å²) in [6.07, 6.45) is 5.50. The van der Waals surface area contributed by atoms with Gasteiger partial charge in [0.25, 0.3) is 0 Å². The molecule has 1 N–H and O–H groups in total. The molecule has 0 aliphatic carbocycles. The van der Waals surface area contributed by atoms with Crippen LogP contribution in [0.4, 0.5) is 10.5 Å². The van der Waals surface area contributed by atoms with Gasteiger partial charge in [-0.1, -0.05) is 41.9 Å². The summed E-state index contributed by atoms with van der Waals surface area (Å²) in [5.41, 5.74) is 1.68. The van der Waals surface area contributed by atoms with Gasteiger partial charge in [-0.2, -0.15) is 0 Å². The summed E-state index contributed by atoms with van der Waals surface area (Å²) in [7, 11) is 0. The Kier molecular flexibility index (Phi) is 8.42. The smallest absolute Gasteiger partial charge is 0.321 e. The molecule has 8 heteroatoms. The minimum Gasteiger partial charge on any atom is -0.341 e. The summed E-state index contributed by atoms with van der Waals surface area (Å²) in [5, 5.41) is 3.51. The highest BCUT2D eigenvalue weighted by molar-refractivity contribution is 6.30. The van der Waals surface area contributed by atoms with E-state index in [0.717, 1.165) is 12.0 Å². The molecule has 0 unspecified atom stereocenters. The Morgan fingerprint density at radius 2 is 1.46 bits per heavy atom. The molecular formula is C27H31ClN4O3. The van der Waals surface area contributed by atoms with Crippen LogP contribution >= 0.6 is 11.6 Å². The van der Waals surface area contributed by atoms with E-state index in [2.05, 4.69) is 5.32 Å². The van der Waals surface area contributed by atoms with Crippen LogP contribution in [0.15, 0.2) is 60.7 Å². The average molecular weight is 495 g/mol. The summed E-state index contributed by atoms with van der Waals surface area (Å²) in [5.74, 6) is 0.0420. The Labute approximate surface area is 211 Å². The molecule has 2 aliphatic rings. The molecule has 2 heterocycles. The van der Waals surface area contributed by atoms with Gasteiger partial charge >= 0.3 is 6.03 Å². The lowest BCUT2D eigenvalue weighted by Gasteiger charge is -2.33. The fraction of sp³-hybridized carbons (Fsp3) is 0.370. The predicted molar refractivity (Wildman–Crippen MR) is 138 cm³/mol. The third-order valence-electron chi connectivity index (χ3n) is 6.56. The predicted octanol–water partition coefficient (Wildman–Crippen LogP) is 4.36. The summed E-state index contributed by atoms with van der Waals surface area (Å²) in [6.45, 7) is 3.42. The Bertz CT molecular complexity index is 1050. The third kappa shape index (κ3) is 6.85. The van der Waals surface area contributed by atoms with Gasteiger partial charge in [-0.25, -0.2) is 4.79 Å². The number of carbonyl (C=O) groups is 3. The Balaban J connectivity index is 1.23. The number of likely N-dealkylation sites (tertiary alicyclic amines) is 1. The first kappa shape index (κ1) is 24.8. The zero-order chi connectivity index (χ0) is 24.6. The van der Waals surface area contributed by atoms with Gasteiger partial charge in [0.05, 0.1) is 0 Å². The van der Waals surface area contributed by atoms with Crippen LogP contribution in [0.5, 0.6) is 0 Å². The monoisotopic (exact) mass is 494 g/mol. The van der Waals surface area contributed by atoms with E-state index < -0.39 is 0 Å². The summed E-state index contributed by atoms with van der Waals surface area (Å²) >= 11 is 5.91. The van der Waals surface area contributed by atoms with Gasteiger partial charge in [0, 0.05) is 62.0 Å². The summed E-state index contributed by atoms with van der Waals surface area (Å²) in [6, 6.07) is 16.6. The number of carbonyl (C=O) groups excluding carboxylic acids is 3. The Morgan fingerprint density at radius 1 is 0.800 bits per heavy atom. The van der Waals surface area contributed by atoms with Crippen molar-refractivity contribution >= 4 is 41.2 Å². The second-order valence-electron chi connectivity index (χ2n) is 8.95. The number of piperidine rings is 1. The molecule has 0 aromatic heterocycles. The molecule has 2 aliphatic heterocycles. The van der Waals surface area contributed by atoms with Crippen molar-refractivity contribution in [2.75, 3.05) is 44.6 Å². The number of nitrogens with one attached hydrogen (secondary N) is 1. The Morgan fingerprint density at radius 3 is 2.17 bits per heavy atom. The molecule has 35 heavy (non-hydrogen) atoms. The molecule has 0 radical (unpaired) electrons. The molecule has 0 atom stereocenters. The van der Waals surface area contributed by atoms with Crippen LogP contribution in [0.2, 0.25) is 5.02 Å². The van der Waals surface area contributed by atoms with E-state index in [1.807, 2.05) is 46.2 Å². The van der Waals surface area contributed by atoms with Crippen molar-refractivity contribution in [1.82, 2.24) is 14.7 Å². The maximum absolute atomic E-state index is 13.2. The van der Waals surface area contributed by atoms with Gasteiger partial charge in [0.1, 0.15) is 0 Å². The molecule has 4 amide bonds. The first-order chi connectivity index (χ1) is 17.0. The van der Waals surface area contributed by atoms with E-state index in [1.54, 1.807) is 35.2 Å². The van der Waals surface area contributed by atoms with Crippen molar-refractivity contribution in [3.05, 3.63) is 71.3 Å². The minimum absolute atomic E-state index is 0.0168. The number of anilines is 1. The number of hydrogen-bond acceptors (Lipinski definition) is 3. The summed E-state index contributed by atoms with van der Waals surface area (Å²) in [4.78, 5) is 43.8. The molecule has 0 saturated carbocycles. The lowest BCUT2D eigenvalue weighted by molar-refractivity contribution is -0.139. The van der Waals surface area contributed by atoms with Crippen LogP contribution in [0, 0.1) is 5.92 Å². The van der Waals surface area contributed by atoms with Gasteiger partial charge in [-0.3, -0.25) is 9.59 Å². The summed E-state index contributed by atoms with van der Waals surface area (Å²) < 4.78 is 0. The second kappa shape index (κ2) is 11.9. The normalized spacial score (nSPS) is 17.3. The van der Waals surface area contributed by atoms with Crippen LogP contribution < -0.4 is 5.32 Å². The van der Waals surface area contributed by atoms with Gasteiger partial charge in [0.2, 0.25) is 11.8 Å². The number of nitrogens with zero attached hydrogens (tertiary/aromatic N) is 3. The minimum atomic E-state index is -0.169. The topological polar surface area (TPSA) is 73.0 Å². The molecule has 2 saturated heterocycles. The number of rotatable bonds is 4. The molecular weight excluding hydrogens is 464 g/mol. The van der Waals surface area contributed by atoms with Gasteiger partial charge < -0.3 is 20.0 Å². The molecule has 0 bridgehead atoms. The van der Waals surface area contributed by atoms with Crippen LogP contribution in [0.3, 0.4) is 0 Å². The molecule has 0 spiro atoms. The molecule has 7 nitrogen and oxygen atoms in total. The fourth-order valence-electron chi connectivity index (χ4n) is 4.52. The Hall–Kier alpha value is -3.32. The molecule has 2 aromatic carbocycles. The van der Waals surface area contributed by atoms with Crippen LogP contribution in [0.1, 0.15) is 24.8 Å². The first-order valence-corrected chi connectivity index (χ1v) is 12.5. The second-order valence-corrected chi connectivity index (χ2v) is 9.38. The lowest BCUT2D eigenvalue weighted by atomic mass is 9.95. The highest BCUT2D eigenvalue weighted by Crippen LogP contribution is 2.21. The highest BCUT2D eigenvalue weighted by Gasteiger charge is 2.31. The van der Waals surface area contributed by atoms with Crippen molar-refractivity contribution in [2.45, 2.75) is 19.3 Å². The van der Waals surface area contributed by atoms with Crippen molar-refractivity contribution in [1.29, 1.82) is 0 Å². The van der Waals surface area contributed by atoms with Gasteiger partial charge in [0.15, 0.2) is 0 Å². The highest BCUT2D eigenvalue weighted by atomic mass is 35.5. The van der Waals surface area contributed by atoms with Gasteiger partial charge in [-0.05, 0) is 55.2 Å². The van der Waals surface area contributed by atoms with Crippen molar-refractivity contribution in [3.8, 4) is 0 Å². The maximum atomic E-state index is 13.2. The van der Waals surface area contributed by atoms with Crippen molar-refractivity contribution in [3.63, 3.8) is 0 Å². The number of amides is 4. The van der Waals surface area contributed by atoms with E-state index in [1.165, 1.54) is 0 Å². The van der Waals surface area contributed by atoms with Crippen LogP contribution in [-0.2, 0) is 9.59 Å². The van der Waals surface area contributed by atoms with E-state index in [9.17, 15) is 14.4 Å². The number of benzene rings is 2. The SMILES string of the molecule is O=C(/C=C/c1ccccc1)N1CCC(C(=O)N2CCCN(C(=O)Nc3ccc(Cl)cc3)CC2)CC1. The quantitative estimate of drug-likeness (QED) is 0.642. The number of urea groups is 1. The van der Waals surface area contributed by atoms with E-state index in [4.69, 9.17) is 11.6 Å². The maximum Gasteiger partial charge on any atom is 0.321 e. The largest absolute Gasteiger partial charge is 0.341 e. The van der Waals surface area contributed by atoms with Crippen molar-refractivity contribution in [2.24, 2.45) is 5.92 Å². The lowest BCUT2D eigenvalue weighted by Crippen LogP contribution is -2.45. The molecule has 4 rings (SSSR count). The standard InChI is InChI=1S/C27H31ClN4O3/c28-23-8-10-24(11-9-23)29-27(35)32-16-4-15-31(19-20-32)26(34)22-13-17-30(18-14-22)25(33)12-7-21-5-2-1-3-6-21/h1-3,5-12,22H,4,13-20H2,(H,29,35)/b12-7+. The molecule has 2 fully saturated rings. The molecule has 2 aromatic rings. The fourth-order valence-corrected chi connectivity index (χ4v) is 4.64. The van der Waals surface area contributed by atoms with E-state index in [-0.39, 0.29) is 23.8 Å². The van der Waals surface area contributed by atoms with Gasteiger partial charge in [-0.15, -0.1) is 0 Å². The zero-order valence-electron chi connectivity index (χ0n) is 19.7. The molecule has 184 valence electrons. The zero-order valence-corrected chi connectivity index (χ0v) is 20.5. The van der Waals surface area contributed by atoms with Crippen LogP contribution in [-0.4, -0.2) is 71.8 Å². The average Bonchev–Trinajstić information content (AvgIpc) is 3.15. The third-order valence-corrected chi connectivity index (χ3v) is 6.82. The first-order valence-electron chi connectivity index (χ1n) is 12.1. The van der Waals surface area contributed by atoms with Crippen LogP contribution in [0.25, 0.3) is 6.08 Å². The number of halogens is 1. The van der Waals surface area contributed by atoms with Crippen molar-refractivity contribution < 1.29 is 14.4 Å².